The third kappa shape index (κ3) is 3.15. The van der Waals surface area contributed by atoms with E-state index >= 15 is 0 Å². The molecule has 0 fully saturated rings. The zero-order valence-electron chi connectivity index (χ0n) is 8.53. The third-order valence-corrected chi connectivity index (χ3v) is 2.56. The van der Waals surface area contributed by atoms with Crippen molar-refractivity contribution in [2.45, 2.75) is 6.54 Å². The Labute approximate surface area is 104 Å². The molecule has 5 heteroatoms. The van der Waals surface area contributed by atoms with Crippen LogP contribution in [0, 0.1) is 0 Å². The molecule has 0 atom stereocenters. The lowest BCUT2D eigenvalue weighted by molar-refractivity contribution is 0.638. The van der Waals surface area contributed by atoms with Gasteiger partial charge < -0.3 is 5.32 Å². The van der Waals surface area contributed by atoms with Gasteiger partial charge in [-0.15, -0.1) is 0 Å². The summed E-state index contributed by atoms with van der Waals surface area (Å²) in [6.45, 7) is 1.56. The minimum atomic E-state index is 0.659. The molecule has 1 aromatic carbocycles. The average molecular weight is 256 g/mol. The Morgan fingerprint density at radius 1 is 1.12 bits per heavy atom. The number of rotatable bonds is 4. The van der Waals surface area contributed by atoms with E-state index in [1.54, 1.807) is 17.1 Å². The molecule has 0 radical (unpaired) electrons. The highest BCUT2D eigenvalue weighted by atomic mass is 35.5. The van der Waals surface area contributed by atoms with Gasteiger partial charge in [-0.05, 0) is 24.3 Å². The maximum absolute atomic E-state index is 5.79. The van der Waals surface area contributed by atoms with Crippen molar-refractivity contribution in [3.8, 4) is 0 Å². The molecular formula is C11H11Cl2N3. The first kappa shape index (κ1) is 11.3. The number of halogens is 2. The smallest absolute Gasteiger partial charge is 0.0785 e. The molecule has 0 aliphatic heterocycles. The lowest BCUT2D eigenvalue weighted by Gasteiger charge is -2.06. The third-order valence-electron chi connectivity index (χ3n) is 2.12. The standard InChI is InChI=1S/C11H11Cl2N3/c12-9-1-3-11(4-2-9)14-5-6-16-8-10(13)7-15-16/h1-4,7-8,14H,5-6H2. The van der Waals surface area contributed by atoms with E-state index in [1.165, 1.54) is 0 Å². The molecule has 0 aliphatic carbocycles. The number of hydrogen-bond acceptors (Lipinski definition) is 2. The van der Waals surface area contributed by atoms with Crippen LogP contribution >= 0.6 is 23.2 Å². The molecule has 1 heterocycles. The van der Waals surface area contributed by atoms with Gasteiger partial charge in [0.2, 0.25) is 0 Å². The fourth-order valence-electron chi connectivity index (χ4n) is 1.34. The minimum Gasteiger partial charge on any atom is -0.383 e. The summed E-state index contributed by atoms with van der Waals surface area (Å²) >= 11 is 11.5. The summed E-state index contributed by atoms with van der Waals surface area (Å²) in [5, 5.41) is 8.75. The molecular weight excluding hydrogens is 245 g/mol. The Kier molecular flexibility index (Phi) is 3.70. The van der Waals surface area contributed by atoms with Gasteiger partial charge in [0, 0.05) is 23.5 Å². The van der Waals surface area contributed by atoms with Gasteiger partial charge >= 0.3 is 0 Å². The summed E-state index contributed by atoms with van der Waals surface area (Å²) in [6.07, 6.45) is 3.43. The molecule has 0 aliphatic rings. The summed E-state index contributed by atoms with van der Waals surface area (Å²) in [7, 11) is 0. The number of nitrogens with one attached hydrogen (secondary N) is 1. The van der Waals surface area contributed by atoms with Gasteiger partial charge in [0.05, 0.1) is 17.8 Å². The maximum atomic E-state index is 5.79. The van der Waals surface area contributed by atoms with Crippen molar-refractivity contribution < 1.29 is 0 Å². The van der Waals surface area contributed by atoms with Crippen LogP contribution in [0.1, 0.15) is 0 Å². The molecule has 0 amide bonds. The number of benzene rings is 1. The fourth-order valence-corrected chi connectivity index (χ4v) is 1.63. The normalized spacial score (nSPS) is 10.4. The topological polar surface area (TPSA) is 29.9 Å². The molecule has 3 nitrogen and oxygen atoms in total. The predicted molar refractivity (Wildman–Crippen MR) is 67.2 cm³/mol. The van der Waals surface area contributed by atoms with E-state index < -0.39 is 0 Å². The molecule has 0 saturated heterocycles. The quantitative estimate of drug-likeness (QED) is 0.909. The summed E-state index contributed by atoms with van der Waals surface area (Å²) in [4.78, 5) is 0. The second-order valence-corrected chi connectivity index (χ2v) is 4.23. The van der Waals surface area contributed by atoms with E-state index in [1.807, 2.05) is 24.3 Å². The highest BCUT2D eigenvalue weighted by Gasteiger charge is 1.95. The number of aromatic nitrogens is 2. The van der Waals surface area contributed by atoms with Gasteiger partial charge in [-0.25, -0.2) is 0 Å². The maximum Gasteiger partial charge on any atom is 0.0785 e. The van der Waals surface area contributed by atoms with Gasteiger partial charge in [0.15, 0.2) is 0 Å². The van der Waals surface area contributed by atoms with Crippen molar-refractivity contribution >= 4 is 28.9 Å². The Hall–Kier alpha value is -1.19. The Morgan fingerprint density at radius 3 is 2.50 bits per heavy atom. The van der Waals surface area contributed by atoms with Crippen molar-refractivity contribution in [1.82, 2.24) is 9.78 Å². The first-order chi connectivity index (χ1) is 7.74. The number of anilines is 1. The lowest BCUT2D eigenvalue weighted by atomic mass is 10.3. The Bertz CT molecular complexity index is 451. The van der Waals surface area contributed by atoms with Crippen molar-refractivity contribution in [3.63, 3.8) is 0 Å². The molecule has 1 aromatic heterocycles. The monoisotopic (exact) mass is 255 g/mol. The second-order valence-electron chi connectivity index (χ2n) is 3.36. The average Bonchev–Trinajstić information content (AvgIpc) is 2.67. The first-order valence-corrected chi connectivity index (χ1v) is 5.67. The Balaban J connectivity index is 1.82. The van der Waals surface area contributed by atoms with E-state index in [-0.39, 0.29) is 0 Å². The highest BCUT2D eigenvalue weighted by molar-refractivity contribution is 6.30. The van der Waals surface area contributed by atoms with Gasteiger partial charge in [-0.2, -0.15) is 5.10 Å². The van der Waals surface area contributed by atoms with Crippen LogP contribution in [0.25, 0.3) is 0 Å². The molecule has 0 unspecified atom stereocenters. The van der Waals surface area contributed by atoms with E-state index in [0.29, 0.717) is 5.02 Å². The number of hydrogen-bond donors (Lipinski definition) is 1. The predicted octanol–water partition coefficient (Wildman–Crippen LogP) is 3.30. The van der Waals surface area contributed by atoms with E-state index in [9.17, 15) is 0 Å². The van der Waals surface area contributed by atoms with Gasteiger partial charge in [-0.1, -0.05) is 23.2 Å². The molecule has 2 rings (SSSR count). The molecule has 0 spiro atoms. The molecule has 1 N–H and O–H groups in total. The molecule has 2 aromatic rings. The van der Waals surface area contributed by atoms with Gasteiger partial charge in [-0.3, -0.25) is 4.68 Å². The highest BCUT2D eigenvalue weighted by Crippen LogP contribution is 2.13. The zero-order valence-corrected chi connectivity index (χ0v) is 10.0. The largest absolute Gasteiger partial charge is 0.383 e. The molecule has 16 heavy (non-hydrogen) atoms. The van der Waals surface area contributed by atoms with Crippen LogP contribution in [0.4, 0.5) is 5.69 Å². The van der Waals surface area contributed by atoms with E-state index in [2.05, 4.69) is 10.4 Å². The van der Waals surface area contributed by atoms with E-state index in [4.69, 9.17) is 23.2 Å². The minimum absolute atomic E-state index is 0.659. The molecule has 0 bridgehead atoms. The van der Waals surface area contributed by atoms with Crippen molar-refractivity contribution in [1.29, 1.82) is 0 Å². The second kappa shape index (κ2) is 5.23. The van der Waals surface area contributed by atoms with E-state index in [0.717, 1.165) is 23.8 Å². The fraction of sp³-hybridized carbons (Fsp3) is 0.182. The van der Waals surface area contributed by atoms with Crippen molar-refractivity contribution in [2.75, 3.05) is 11.9 Å². The van der Waals surface area contributed by atoms with Crippen LogP contribution in [0.15, 0.2) is 36.7 Å². The van der Waals surface area contributed by atoms with Crippen molar-refractivity contribution in [3.05, 3.63) is 46.7 Å². The zero-order chi connectivity index (χ0) is 11.4. The van der Waals surface area contributed by atoms with Crippen LogP contribution in [0.3, 0.4) is 0 Å². The SMILES string of the molecule is Clc1ccc(NCCn2cc(Cl)cn2)cc1. The molecule has 0 saturated carbocycles. The summed E-state index contributed by atoms with van der Waals surface area (Å²) in [5.74, 6) is 0. The van der Waals surface area contributed by atoms with Crippen LogP contribution in [0.5, 0.6) is 0 Å². The Morgan fingerprint density at radius 2 is 1.88 bits per heavy atom. The van der Waals surface area contributed by atoms with Gasteiger partial charge in [0.25, 0.3) is 0 Å². The summed E-state index contributed by atoms with van der Waals surface area (Å²) in [6, 6.07) is 7.60. The number of nitrogens with zero attached hydrogens (tertiary/aromatic N) is 2. The van der Waals surface area contributed by atoms with Crippen LogP contribution in [-0.4, -0.2) is 16.3 Å². The van der Waals surface area contributed by atoms with Crippen molar-refractivity contribution in [2.24, 2.45) is 0 Å². The summed E-state index contributed by atoms with van der Waals surface area (Å²) in [5.41, 5.74) is 1.04. The van der Waals surface area contributed by atoms with Crippen LogP contribution in [-0.2, 0) is 6.54 Å². The summed E-state index contributed by atoms with van der Waals surface area (Å²) < 4.78 is 1.80. The lowest BCUT2D eigenvalue weighted by Crippen LogP contribution is -2.10. The van der Waals surface area contributed by atoms with Crippen LogP contribution < -0.4 is 5.32 Å². The van der Waals surface area contributed by atoms with Crippen LogP contribution in [0.2, 0.25) is 10.0 Å². The van der Waals surface area contributed by atoms with Gasteiger partial charge in [0.1, 0.15) is 0 Å². The first-order valence-electron chi connectivity index (χ1n) is 4.91. The molecule has 84 valence electrons.